The first-order chi connectivity index (χ1) is 11.0. The molecule has 2 rings (SSSR count). The first kappa shape index (κ1) is 16.4. The molecule has 6 nitrogen and oxygen atoms in total. The standard InChI is InChI=1S/C17H18N2O4/c1-11-3-5-12(6-4-11)19-16(20)10-23-15-9-13(22-2)7-8-14(15)17(18)21/h3-9H,10H2,1-2H3,(H2,18,21)(H,19,20). The fraction of sp³-hybridized carbons (Fsp3) is 0.176. The molecule has 0 saturated heterocycles. The van der Waals surface area contributed by atoms with Gasteiger partial charge >= 0.3 is 0 Å². The molecule has 0 radical (unpaired) electrons. The van der Waals surface area contributed by atoms with Crippen LogP contribution in [0.4, 0.5) is 5.69 Å². The van der Waals surface area contributed by atoms with E-state index in [9.17, 15) is 9.59 Å². The quantitative estimate of drug-likeness (QED) is 0.854. The summed E-state index contributed by atoms with van der Waals surface area (Å²) in [5.74, 6) is -0.270. The summed E-state index contributed by atoms with van der Waals surface area (Å²) in [4.78, 5) is 23.3. The third-order valence-corrected chi connectivity index (χ3v) is 3.15. The number of methoxy groups -OCH3 is 1. The van der Waals surface area contributed by atoms with Crippen molar-refractivity contribution in [2.75, 3.05) is 19.0 Å². The molecule has 2 aromatic rings. The highest BCUT2D eigenvalue weighted by molar-refractivity contribution is 5.96. The molecule has 0 unspecified atom stereocenters. The lowest BCUT2D eigenvalue weighted by Gasteiger charge is -2.11. The van der Waals surface area contributed by atoms with Gasteiger partial charge in [-0.05, 0) is 31.2 Å². The third kappa shape index (κ3) is 4.47. The number of primary amides is 1. The Balaban J connectivity index is 2.03. The number of aryl methyl sites for hydroxylation is 1. The van der Waals surface area contributed by atoms with Gasteiger partial charge in [-0.2, -0.15) is 0 Å². The van der Waals surface area contributed by atoms with Crippen molar-refractivity contribution < 1.29 is 19.1 Å². The second-order valence-corrected chi connectivity index (χ2v) is 4.93. The smallest absolute Gasteiger partial charge is 0.262 e. The van der Waals surface area contributed by atoms with Crippen molar-refractivity contribution >= 4 is 17.5 Å². The number of hydrogen-bond acceptors (Lipinski definition) is 4. The van der Waals surface area contributed by atoms with Gasteiger partial charge in [0.05, 0.1) is 12.7 Å². The molecule has 0 aromatic heterocycles. The molecule has 0 spiro atoms. The zero-order valence-corrected chi connectivity index (χ0v) is 13.0. The van der Waals surface area contributed by atoms with Crippen LogP contribution in [0.3, 0.4) is 0 Å². The molecular weight excluding hydrogens is 296 g/mol. The molecule has 0 aliphatic rings. The third-order valence-electron chi connectivity index (χ3n) is 3.15. The van der Waals surface area contributed by atoms with Gasteiger partial charge in [0.2, 0.25) is 0 Å². The number of hydrogen-bond donors (Lipinski definition) is 2. The number of anilines is 1. The van der Waals surface area contributed by atoms with Gasteiger partial charge in [-0.25, -0.2) is 0 Å². The Morgan fingerprint density at radius 3 is 2.43 bits per heavy atom. The molecule has 0 saturated carbocycles. The number of carbonyl (C=O) groups excluding carboxylic acids is 2. The number of ether oxygens (including phenoxy) is 2. The van der Waals surface area contributed by atoms with Crippen LogP contribution >= 0.6 is 0 Å². The molecule has 0 bridgehead atoms. The van der Waals surface area contributed by atoms with Gasteiger partial charge in [-0.15, -0.1) is 0 Å². The van der Waals surface area contributed by atoms with Gasteiger partial charge < -0.3 is 20.5 Å². The minimum atomic E-state index is -0.637. The Morgan fingerprint density at radius 1 is 1.13 bits per heavy atom. The van der Waals surface area contributed by atoms with Crippen LogP contribution in [-0.2, 0) is 4.79 Å². The molecule has 2 amide bonds. The maximum Gasteiger partial charge on any atom is 0.262 e. The van der Waals surface area contributed by atoms with Crippen molar-refractivity contribution in [3.63, 3.8) is 0 Å². The highest BCUT2D eigenvalue weighted by Gasteiger charge is 2.12. The molecule has 0 fully saturated rings. The second kappa shape index (κ2) is 7.31. The second-order valence-electron chi connectivity index (χ2n) is 4.93. The average molecular weight is 314 g/mol. The van der Waals surface area contributed by atoms with E-state index < -0.39 is 5.91 Å². The first-order valence-electron chi connectivity index (χ1n) is 6.97. The van der Waals surface area contributed by atoms with Gasteiger partial charge in [-0.1, -0.05) is 17.7 Å². The van der Waals surface area contributed by atoms with E-state index in [1.165, 1.54) is 19.2 Å². The minimum absolute atomic E-state index is 0.189. The van der Waals surface area contributed by atoms with Crippen molar-refractivity contribution in [1.82, 2.24) is 0 Å². The van der Waals surface area contributed by atoms with E-state index >= 15 is 0 Å². The number of nitrogens with two attached hydrogens (primary N) is 1. The predicted molar refractivity (Wildman–Crippen MR) is 86.8 cm³/mol. The molecule has 0 aliphatic heterocycles. The molecule has 23 heavy (non-hydrogen) atoms. The van der Waals surface area contributed by atoms with E-state index in [1.54, 1.807) is 18.2 Å². The summed E-state index contributed by atoms with van der Waals surface area (Å²) in [5, 5.41) is 2.71. The lowest BCUT2D eigenvalue weighted by atomic mass is 10.2. The maximum atomic E-state index is 11.9. The topological polar surface area (TPSA) is 90.7 Å². The molecule has 6 heteroatoms. The molecule has 0 atom stereocenters. The van der Waals surface area contributed by atoms with Crippen LogP contribution in [0, 0.1) is 6.92 Å². The molecule has 120 valence electrons. The Kier molecular flexibility index (Phi) is 5.19. The Morgan fingerprint density at radius 2 is 1.83 bits per heavy atom. The van der Waals surface area contributed by atoms with E-state index in [0.717, 1.165) is 5.56 Å². The van der Waals surface area contributed by atoms with Crippen LogP contribution in [0.2, 0.25) is 0 Å². The molecule has 3 N–H and O–H groups in total. The minimum Gasteiger partial charge on any atom is -0.497 e. The fourth-order valence-electron chi connectivity index (χ4n) is 1.93. The number of benzene rings is 2. The number of rotatable bonds is 6. The van der Waals surface area contributed by atoms with Crippen molar-refractivity contribution in [3.8, 4) is 11.5 Å². The summed E-state index contributed by atoms with van der Waals surface area (Å²) in [6, 6.07) is 12.0. The van der Waals surface area contributed by atoms with Crippen LogP contribution in [0.15, 0.2) is 42.5 Å². The molecule has 0 heterocycles. The summed E-state index contributed by atoms with van der Waals surface area (Å²) in [6.07, 6.45) is 0. The zero-order valence-electron chi connectivity index (χ0n) is 13.0. The molecule has 0 aliphatic carbocycles. The van der Waals surface area contributed by atoms with Crippen LogP contribution < -0.4 is 20.5 Å². The predicted octanol–water partition coefficient (Wildman–Crippen LogP) is 2.12. The highest BCUT2D eigenvalue weighted by atomic mass is 16.5. The SMILES string of the molecule is COc1ccc(C(N)=O)c(OCC(=O)Nc2ccc(C)cc2)c1. The normalized spacial score (nSPS) is 10.0. The Labute approximate surface area is 134 Å². The van der Waals surface area contributed by atoms with Crippen molar-refractivity contribution in [2.24, 2.45) is 5.73 Å². The van der Waals surface area contributed by atoms with Gasteiger partial charge in [0.1, 0.15) is 11.5 Å². The van der Waals surface area contributed by atoms with Crippen molar-refractivity contribution in [3.05, 3.63) is 53.6 Å². The highest BCUT2D eigenvalue weighted by Crippen LogP contribution is 2.24. The Bertz CT molecular complexity index is 711. The summed E-state index contributed by atoms with van der Waals surface area (Å²) in [7, 11) is 1.49. The lowest BCUT2D eigenvalue weighted by Crippen LogP contribution is -2.21. The van der Waals surface area contributed by atoms with Crippen LogP contribution in [0.5, 0.6) is 11.5 Å². The summed E-state index contributed by atoms with van der Waals surface area (Å²) in [6.45, 7) is 1.71. The van der Waals surface area contributed by atoms with E-state index in [2.05, 4.69) is 5.32 Å². The van der Waals surface area contributed by atoms with Crippen molar-refractivity contribution in [1.29, 1.82) is 0 Å². The number of amides is 2. The maximum absolute atomic E-state index is 11.9. The van der Waals surface area contributed by atoms with Crippen LogP contribution in [0.1, 0.15) is 15.9 Å². The number of carbonyl (C=O) groups is 2. The number of nitrogens with one attached hydrogen (secondary N) is 1. The zero-order chi connectivity index (χ0) is 16.8. The Hall–Kier alpha value is -3.02. The van der Waals surface area contributed by atoms with Gasteiger partial charge in [0, 0.05) is 11.8 Å². The van der Waals surface area contributed by atoms with E-state index in [0.29, 0.717) is 11.4 Å². The first-order valence-corrected chi connectivity index (χ1v) is 6.97. The monoisotopic (exact) mass is 314 g/mol. The lowest BCUT2D eigenvalue weighted by molar-refractivity contribution is -0.118. The molecule has 2 aromatic carbocycles. The van der Waals surface area contributed by atoms with Crippen molar-refractivity contribution in [2.45, 2.75) is 6.92 Å². The summed E-state index contributed by atoms with van der Waals surface area (Å²) in [5.41, 5.74) is 7.25. The fourth-order valence-corrected chi connectivity index (χ4v) is 1.93. The van der Waals surface area contributed by atoms with Gasteiger partial charge in [0.15, 0.2) is 6.61 Å². The van der Waals surface area contributed by atoms with E-state index in [1.807, 2.05) is 19.1 Å². The largest absolute Gasteiger partial charge is 0.497 e. The van der Waals surface area contributed by atoms with Crippen LogP contribution in [0.25, 0.3) is 0 Å². The van der Waals surface area contributed by atoms with Crippen LogP contribution in [-0.4, -0.2) is 25.5 Å². The average Bonchev–Trinajstić information content (AvgIpc) is 2.54. The van der Waals surface area contributed by atoms with Gasteiger partial charge in [0.25, 0.3) is 11.8 Å². The van der Waals surface area contributed by atoms with E-state index in [-0.39, 0.29) is 23.8 Å². The summed E-state index contributed by atoms with van der Waals surface area (Å²) < 4.78 is 10.5. The summed E-state index contributed by atoms with van der Waals surface area (Å²) >= 11 is 0. The van der Waals surface area contributed by atoms with E-state index in [4.69, 9.17) is 15.2 Å². The van der Waals surface area contributed by atoms with Gasteiger partial charge in [-0.3, -0.25) is 9.59 Å². The molecular formula is C17H18N2O4.